The van der Waals surface area contributed by atoms with E-state index in [1.807, 2.05) is 0 Å². The average molecular weight is 211 g/mol. The molecule has 15 heavy (non-hydrogen) atoms. The van der Waals surface area contributed by atoms with Gasteiger partial charge in [0.25, 0.3) is 0 Å². The molecule has 1 aliphatic carbocycles. The molecule has 0 aromatic heterocycles. The fourth-order valence-corrected chi connectivity index (χ4v) is 1.92. The van der Waals surface area contributed by atoms with E-state index in [1.165, 1.54) is 13.2 Å². The molecule has 1 amide bonds. The molecule has 0 saturated heterocycles. The smallest absolute Gasteiger partial charge is 0.325 e. The van der Waals surface area contributed by atoms with Crippen LogP contribution in [0, 0.1) is 0 Å². The second-order valence-electron chi connectivity index (χ2n) is 3.68. The lowest BCUT2D eigenvalue weighted by Crippen LogP contribution is -2.41. The maximum atomic E-state index is 11.6. The maximum absolute atomic E-state index is 11.6. The summed E-state index contributed by atoms with van der Waals surface area (Å²) in [4.78, 5) is 24.3. The van der Waals surface area contributed by atoms with Gasteiger partial charge in [0.05, 0.1) is 7.11 Å². The number of hydrogen-bond acceptors (Lipinski definition) is 3. The predicted molar refractivity (Wildman–Crippen MR) is 56.2 cm³/mol. The van der Waals surface area contributed by atoms with Crippen molar-refractivity contribution in [1.82, 2.24) is 4.90 Å². The second kappa shape index (κ2) is 5.53. The third-order valence-electron chi connectivity index (χ3n) is 2.75. The molecule has 84 valence electrons. The fraction of sp³-hybridized carbons (Fsp3) is 0.636. The molecule has 0 unspecified atom stereocenters. The highest BCUT2D eigenvalue weighted by atomic mass is 16.5. The van der Waals surface area contributed by atoms with Crippen LogP contribution in [0.4, 0.5) is 0 Å². The van der Waals surface area contributed by atoms with Gasteiger partial charge in [-0.1, -0.05) is 19.4 Å². The molecule has 1 rings (SSSR count). The highest BCUT2D eigenvalue weighted by Crippen LogP contribution is 2.23. The minimum absolute atomic E-state index is 0.0337. The number of amides is 1. The van der Waals surface area contributed by atoms with Gasteiger partial charge in [0, 0.05) is 6.04 Å². The van der Waals surface area contributed by atoms with E-state index in [4.69, 9.17) is 0 Å². The van der Waals surface area contributed by atoms with Crippen LogP contribution in [0.2, 0.25) is 0 Å². The third-order valence-corrected chi connectivity index (χ3v) is 2.75. The van der Waals surface area contributed by atoms with Crippen molar-refractivity contribution in [2.75, 3.05) is 13.7 Å². The number of nitrogens with zero attached hydrogens (tertiary/aromatic N) is 1. The van der Waals surface area contributed by atoms with E-state index in [1.54, 1.807) is 4.90 Å². The van der Waals surface area contributed by atoms with E-state index >= 15 is 0 Å². The van der Waals surface area contributed by atoms with Crippen molar-refractivity contribution >= 4 is 11.9 Å². The number of hydrogen-bond donors (Lipinski definition) is 0. The standard InChI is InChI=1S/C11H17NO3/c1-3-10(13)12(8-11(14)15-2)9-6-4-5-7-9/h3,9H,1,4-8H2,2H3. The van der Waals surface area contributed by atoms with E-state index in [2.05, 4.69) is 11.3 Å². The molecular formula is C11H17NO3. The van der Waals surface area contributed by atoms with Crippen LogP contribution < -0.4 is 0 Å². The van der Waals surface area contributed by atoms with Crippen molar-refractivity contribution in [3.8, 4) is 0 Å². The van der Waals surface area contributed by atoms with Crippen molar-refractivity contribution in [2.45, 2.75) is 31.7 Å². The molecule has 1 saturated carbocycles. The van der Waals surface area contributed by atoms with Crippen molar-refractivity contribution in [2.24, 2.45) is 0 Å². The molecule has 4 heteroatoms. The molecule has 1 aliphatic rings. The van der Waals surface area contributed by atoms with Gasteiger partial charge in [-0.2, -0.15) is 0 Å². The maximum Gasteiger partial charge on any atom is 0.325 e. The van der Waals surface area contributed by atoms with Crippen molar-refractivity contribution in [3.63, 3.8) is 0 Å². The molecule has 1 fully saturated rings. The summed E-state index contributed by atoms with van der Waals surface area (Å²) in [5.74, 6) is -0.565. The SMILES string of the molecule is C=CC(=O)N(CC(=O)OC)C1CCCC1. The van der Waals surface area contributed by atoms with E-state index in [0.29, 0.717) is 0 Å². The van der Waals surface area contributed by atoms with Gasteiger partial charge < -0.3 is 9.64 Å². The van der Waals surface area contributed by atoms with E-state index in [-0.39, 0.29) is 24.5 Å². The Bertz CT molecular complexity index is 257. The molecule has 0 N–H and O–H groups in total. The Morgan fingerprint density at radius 2 is 2.07 bits per heavy atom. The molecular weight excluding hydrogens is 194 g/mol. The summed E-state index contributed by atoms with van der Waals surface area (Å²) in [6.45, 7) is 3.48. The molecule has 0 atom stereocenters. The van der Waals surface area contributed by atoms with E-state index in [9.17, 15) is 9.59 Å². The Morgan fingerprint density at radius 3 is 2.53 bits per heavy atom. The van der Waals surface area contributed by atoms with Crippen LogP contribution in [0.5, 0.6) is 0 Å². The first-order valence-corrected chi connectivity index (χ1v) is 5.19. The quantitative estimate of drug-likeness (QED) is 0.517. The molecule has 0 aliphatic heterocycles. The number of methoxy groups -OCH3 is 1. The third kappa shape index (κ3) is 3.08. The van der Waals surface area contributed by atoms with Gasteiger partial charge in [0.15, 0.2) is 0 Å². The van der Waals surface area contributed by atoms with Crippen LogP contribution in [0.25, 0.3) is 0 Å². The summed E-state index contributed by atoms with van der Waals surface area (Å²) in [5, 5.41) is 0. The zero-order chi connectivity index (χ0) is 11.3. The van der Waals surface area contributed by atoms with Gasteiger partial charge in [-0.15, -0.1) is 0 Å². The van der Waals surface area contributed by atoms with E-state index < -0.39 is 0 Å². The lowest BCUT2D eigenvalue weighted by atomic mass is 10.2. The first kappa shape index (κ1) is 11.8. The van der Waals surface area contributed by atoms with Crippen LogP contribution in [0.15, 0.2) is 12.7 Å². The first-order chi connectivity index (χ1) is 7.19. The topological polar surface area (TPSA) is 46.6 Å². The first-order valence-electron chi connectivity index (χ1n) is 5.19. The molecule has 0 bridgehead atoms. The van der Waals surface area contributed by atoms with Crippen LogP contribution in [-0.2, 0) is 14.3 Å². The Morgan fingerprint density at radius 1 is 1.47 bits per heavy atom. The van der Waals surface area contributed by atoms with Crippen LogP contribution >= 0.6 is 0 Å². The second-order valence-corrected chi connectivity index (χ2v) is 3.68. The summed E-state index contributed by atoms with van der Waals surface area (Å²) >= 11 is 0. The largest absolute Gasteiger partial charge is 0.468 e. The number of ether oxygens (including phenoxy) is 1. The number of carbonyl (C=O) groups excluding carboxylic acids is 2. The van der Waals surface area contributed by atoms with E-state index in [0.717, 1.165) is 25.7 Å². The Labute approximate surface area is 89.9 Å². The molecule has 0 radical (unpaired) electrons. The molecule has 0 heterocycles. The lowest BCUT2D eigenvalue weighted by molar-refractivity contribution is -0.146. The Hall–Kier alpha value is -1.32. The van der Waals surface area contributed by atoms with Gasteiger partial charge in [0.2, 0.25) is 5.91 Å². The average Bonchev–Trinajstić information content (AvgIpc) is 2.77. The van der Waals surface area contributed by atoms with Gasteiger partial charge in [-0.3, -0.25) is 9.59 Å². The number of carbonyl (C=O) groups is 2. The van der Waals surface area contributed by atoms with Gasteiger partial charge in [-0.05, 0) is 18.9 Å². The minimum atomic E-state index is -0.378. The summed E-state index contributed by atoms with van der Waals surface area (Å²) < 4.78 is 4.57. The van der Waals surface area contributed by atoms with Crippen molar-refractivity contribution < 1.29 is 14.3 Å². The highest BCUT2D eigenvalue weighted by molar-refractivity contribution is 5.90. The van der Waals surface area contributed by atoms with Gasteiger partial charge >= 0.3 is 5.97 Å². The number of esters is 1. The number of rotatable bonds is 4. The zero-order valence-electron chi connectivity index (χ0n) is 9.07. The molecule has 0 aromatic carbocycles. The van der Waals surface area contributed by atoms with Crippen molar-refractivity contribution in [3.05, 3.63) is 12.7 Å². The molecule has 0 spiro atoms. The van der Waals surface area contributed by atoms with Crippen molar-refractivity contribution in [1.29, 1.82) is 0 Å². The lowest BCUT2D eigenvalue weighted by Gasteiger charge is -2.26. The zero-order valence-corrected chi connectivity index (χ0v) is 9.07. The molecule has 0 aromatic rings. The minimum Gasteiger partial charge on any atom is -0.468 e. The normalized spacial score (nSPS) is 16.1. The molecule has 4 nitrogen and oxygen atoms in total. The summed E-state index contributed by atoms with van der Waals surface area (Å²) in [6, 6.07) is 0.176. The summed E-state index contributed by atoms with van der Waals surface area (Å²) in [5.41, 5.74) is 0. The predicted octanol–water partition coefficient (Wildman–Crippen LogP) is 1.12. The monoisotopic (exact) mass is 211 g/mol. The summed E-state index contributed by atoms with van der Waals surface area (Å²) in [6.07, 6.45) is 5.42. The fourth-order valence-electron chi connectivity index (χ4n) is 1.92. The Kier molecular flexibility index (Phi) is 4.34. The Balaban J connectivity index is 2.63. The van der Waals surface area contributed by atoms with Crippen LogP contribution in [0.3, 0.4) is 0 Å². The van der Waals surface area contributed by atoms with Crippen LogP contribution in [-0.4, -0.2) is 36.5 Å². The highest BCUT2D eigenvalue weighted by Gasteiger charge is 2.27. The summed E-state index contributed by atoms with van der Waals surface area (Å²) in [7, 11) is 1.33. The van der Waals surface area contributed by atoms with Gasteiger partial charge in [-0.25, -0.2) is 0 Å². The van der Waals surface area contributed by atoms with Crippen LogP contribution in [0.1, 0.15) is 25.7 Å². The van der Waals surface area contributed by atoms with Gasteiger partial charge in [0.1, 0.15) is 6.54 Å².